The maximum absolute atomic E-state index is 11.9. The predicted molar refractivity (Wildman–Crippen MR) is 68.3 cm³/mol. The number of halogens is 6. The van der Waals surface area contributed by atoms with Gasteiger partial charge in [-0.05, 0) is 18.6 Å². The van der Waals surface area contributed by atoms with Gasteiger partial charge in [-0.3, -0.25) is 4.90 Å². The standard InChI is InChI=1S/C10H11F3N2O.C2F3NO/c1-7-5-3-4-6-8(7)15(2)9(16)14-10(11,12)13;3-2(4,5)6-1-7/h3-6H,1-2H3,(H,14,16);. The molecule has 0 spiro atoms. The topological polar surface area (TPSA) is 61.8 Å². The highest BCUT2D eigenvalue weighted by molar-refractivity contribution is 5.92. The molecule has 1 aromatic carbocycles. The Balaban J connectivity index is 0.000000585. The van der Waals surface area contributed by atoms with Crippen LogP contribution >= 0.6 is 0 Å². The highest BCUT2D eigenvalue weighted by Gasteiger charge is 2.31. The first kappa shape index (κ1) is 20.5. The summed E-state index contributed by atoms with van der Waals surface area (Å²) >= 11 is 0. The maximum atomic E-state index is 11.9. The van der Waals surface area contributed by atoms with Crippen LogP contribution in [0.25, 0.3) is 0 Å². The van der Waals surface area contributed by atoms with Gasteiger partial charge in [-0.2, -0.15) is 13.2 Å². The van der Waals surface area contributed by atoms with Gasteiger partial charge in [0.05, 0.1) is 0 Å². The number of rotatable bonds is 1. The molecule has 0 aliphatic heterocycles. The first-order valence-corrected chi connectivity index (χ1v) is 5.71. The molecule has 0 bridgehead atoms. The summed E-state index contributed by atoms with van der Waals surface area (Å²) in [5, 5.41) is 0.932. The van der Waals surface area contributed by atoms with Crippen LogP contribution in [-0.4, -0.2) is 31.8 Å². The van der Waals surface area contributed by atoms with Crippen LogP contribution in [0.5, 0.6) is 0 Å². The summed E-state index contributed by atoms with van der Waals surface area (Å²) in [6, 6.07) is 5.48. The third-order valence-corrected chi connectivity index (χ3v) is 2.20. The van der Waals surface area contributed by atoms with Crippen LogP contribution in [0, 0.1) is 6.92 Å². The smallest absolute Gasteiger partial charge is 0.297 e. The van der Waals surface area contributed by atoms with Gasteiger partial charge in [0.1, 0.15) is 0 Å². The molecular formula is C12H11F6N3O2. The average molecular weight is 343 g/mol. The van der Waals surface area contributed by atoms with Gasteiger partial charge in [0.15, 0.2) is 0 Å². The number of nitrogens with zero attached hydrogens (tertiary/aromatic N) is 2. The van der Waals surface area contributed by atoms with E-state index in [1.165, 1.54) is 12.0 Å². The van der Waals surface area contributed by atoms with E-state index < -0.39 is 18.6 Å². The predicted octanol–water partition coefficient (Wildman–Crippen LogP) is 3.50. The number of hydrogen-bond donors (Lipinski definition) is 1. The van der Waals surface area contributed by atoms with Gasteiger partial charge in [0, 0.05) is 12.7 Å². The van der Waals surface area contributed by atoms with Gasteiger partial charge < -0.3 is 0 Å². The molecule has 0 unspecified atom stereocenters. The summed E-state index contributed by atoms with van der Waals surface area (Å²) < 4.78 is 67.7. The number of alkyl halides is 6. The molecule has 128 valence electrons. The first-order valence-electron chi connectivity index (χ1n) is 5.71. The van der Waals surface area contributed by atoms with Crippen molar-refractivity contribution < 1.29 is 35.9 Å². The first-order chi connectivity index (χ1) is 10.4. The van der Waals surface area contributed by atoms with E-state index in [-0.39, 0.29) is 0 Å². The number of carbonyl (C=O) groups is 1. The fourth-order valence-electron chi connectivity index (χ4n) is 1.31. The lowest BCUT2D eigenvalue weighted by Crippen LogP contribution is -2.45. The Hall–Kier alpha value is -2.55. The molecule has 0 radical (unpaired) electrons. The molecule has 1 rings (SSSR count). The van der Waals surface area contributed by atoms with Crippen molar-refractivity contribution in [3.63, 3.8) is 0 Å². The van der Waals surface area contributed by atoms with Crippen molar-refractivity contribution in [3.8, 4) is 0 Å². The molecule has 0 atom stereocenters. The molecular weight excluding hydrogens is 332 g/mol. The fraction of sp³-hybridized carbons (Fsp3) is 0.333. The van der Waals surface area contributed by atoms with E-state index >= 15 is 0 Å². The molecule has 2 amide bonds. The minimum Gasteiger partial charge on any atom is -0.297 e. The number of amides is 2. The Labute approximate surface area is 126 Å². The van der Waals surface area contributed by atoms with Gasteiger partial charge in [-0.25, -0.2) is 14.9 Å². The average Bonchev–Trinajstić information content (AvgIpc) is 2.35. The second kappa shape index (κ2) is 8.18. The Morgan fingerprint density at radius 2 is 1.70 bits per heavy atom. The SMILES string of the molecule is Cc1ccccc1N(C)C(=O)NC(F)(F)F.O=C=NC(F)(F)F. The molecule has 0 saturated heterocycles. The molecule has 0 fully saturated rings. The highest BCUT2D eigenvalue weighted by atomic mass is 19.4. The van der Waals surface area contributed by atoms with Crippen molar-refractivity contribution in [2.75, 3.05) is 11.9 Å². The second-order valence-corrected chi connectivity index (χ2v) is 3.94. The number of benzene rings is 1. The van der Waals surface area contributed by atoms with Crippen LogP contribution < -0.4 is 10.2 Å². The lowest BCUT2D eigenvalue weighted by molar-refractivity contribution is -0.145. The Bertz CT molecular complexity index is 579. The molecule has 0 heterocycles. The summed E-state index contributed by atoms with van der Waals surface area (Å²) in [5.41, 5.74) is 1.16. The molecule has 23 heavy (non-hydrogen) atoms. The lowest BCUT2D eigenvalue weighted by atomic mass is 10.2. The van der Waals surface area contributed by atoms with Crippen molar-refractivity contribution in [1.29, 1.82) is 0 Å². The molecule has 1 aromatic rings. The summed E-state index contributed by atoms with van der Waals surface area (Å²) in [5.74, 6) is 0. The summed E-state index contributed by atoms with van der Waals surface area (Å²) in [6.07, 6.45) is -9.10. The van der Waals surface area contributed by atoms with E-state index in [1.54, 1.807) is 31.2 Å². The number of nitrogens with one attached hydrogen (secondary N) is 1. The normalized spacial score (nSPS) is 10.8. The quantitative estimate of drug-likeness (QED) is 0.367. The van der Waals surface area contributed by atoms with Crippen LogP contribution in [0.15, 0.2) is 29.3 Å². The molecule has 1 N–H and O–H groups in total. The molecule has 0 saturated carbocycles. The number of isocyanates is 1. The van der Waals surface area contributed by atoms with Crippen molar-refractivity contribution >= 4 is 17.8 Å². The molecule has 11 heteroatoms. The maximum Gasteiger partial charge on any atom is 0.513 e. The van der Waals surface area contributed by atoms with Gasteiger partial charge in [-0.15, -0.1) is 18.2 Å². The Morgan fingerprint density at radius 3 is 2.04 bits per heavy atom. The largest absolute Gasteiger partial charge is 0.513 e. The van der Waals surface area contributed by atoms with Crippen molar-refractivity contribution in [2.24, 2.45) is 4.99 Å². The van der Waals surface area contributed by atoms with Crippen LogP contribution in [0.1, 0.15) is 5.56 Å². The summed E-state index contributed by atoms with van der Waals surface area (Å²) in [6.45, 7) is 1.71. The van der Waals surface area contributed by atoms with Crippen molar-refractivity contribution in [3.05, 3.63) is 29.8 Å². The number of urea groups is 1. The molecule has 0 aromatic heterocycles. The third-order valence-electron chi connectivity index (χ3n) is 2.20. The van der Waals surface area contributed by atoms with Gasteiger partial charge in [-0.1, -0.05) is 18.2 Å². The number of para-hydroxylation sites is 1. The summed E-state index contributed by atoms with van der Waals surface area (Å²) in [7, 11) is 1.28. The molecule has 0 aliphatic rings. The van der Waals surface area contributed by atoms with Gasteiger partial charge in [0.25, 0.3) is 0 Å². The zero-order chi connectivity index (χ0) is 18.3. The third kappa shape index (κ3) is 9.14. The summed E-state index contributed by atoms with van der Waals surface area (Å²) in [4.78, 5) is 22.4. The van der Waals surface area contributed by atoms with Crippen LogP contribution in [0.2, 0.25) is 0 Å². The number of carbonyl (C=O) groups excluding carboxylic acids is 2. The van der Waals surface area contributed by atoms with E-state index in [0.717, 1.165) is 15.8 Å². The van der Waals surface area contributed by atoms with E-state index in [2.05, 4.69) is 0 Å². The van der Waals surface area contributed by atoms with Crippen molar-refractivity contribution in [1.82, 2.24) is 5.32 Å². The number of aliphatic imine (C=N–C) groups is 1. The Kier molecular flexibility index (Phi) is 7.27. The van der Waals surface area contributed by atoms with E-state index in [1.807, 2.05) is 0 Å². The minimum absolute atomic E-state index is 0.358. The zero-order valence-electron chi connectivity index (χ0n) is 11.8. The van der Waals surface area contributed by atoms with Crippen LogP contribution in [0.4, 0.5) is 36.8 Å². The second-order valence-electron chi connectivity index (χ2n) is 3.94. The van der Waals surface area contributed by atoms with E-state index in [0.29, 0.717) is 11.8 Å². The Morgan fingerprint density at radius 1 is 1.17 bits per heavy atom. The monoisotopic (exact) mass is 343 g/mol. The highest BCUT2D eigenvalue weighted by Crippen LogP contribution is 2.19. The van der Waals surface area contributed by atoms with Gasteiger partial charge in [0.2, 0.25) is 6.08 Å². The molecule has 5 nitrogen and oxygen atoms in total. The number of hydrogen-bond acceptors (Lipinski definition) is 3. The van der Waals surface area contributed by atoms with Crippen LogP contribution in [-0.2, 0) is 4.79 Å². The zero-order valence-corrected chi connectivity index (χ0v) is 11.8. The number of aryl methyl sites for hydroxylation is 1. The fourth-order valence-corrected chi connectivity index (χ4v) is 1.31. The van der Waals surface area contributed by atoms with Gasteiger partial charge >= 0.3 is 18.6 Å². The van der Waals surface area contributed by atoms with Crippen LogP contribution in [0.3, 0.4) is 0 Å². The van der Waals surface area contributed by atoms with E-state index in [9.17, 15) is 31.1 Å². The lowest BCUT2D eigenvalue weighted by Gasteiger charge is -2.20. The van der Waals surface area contributed by atoms with Crippen molar-refractivity contribution in [2.45, 2.75) is 19.5 Å². The van der Waals surface area contributed by atoms with E-state index in [4.69, 9.17) is 4.79 Å². The molecule has 0 aliphatic carbocycles. The number of anilines is 1. The minimum atomic E-state index is -4.75.